The molecule has 1 aromatic heterocycles. The molecule has 0 saturated carbocycles. The van der Waals surface area contributed by atoms with Crippen molar-refractivity contribution in [3.63, 3.8) is 0 Å². The number of aliphatic hydroxyl groups is 1. The molecule has 1 aromatic rings. The van der Waals surface area contributed by atoms with Crippen LogP contribution in [0.2, 0.25) is 0 Å². The lowest BCUT2D eigenvalue weighted by Gasteiger charge is -2.32. The van der Waals surface area contributed by atoms with Crippen molar-refractivity contribution in [1.29, 1.82) is 0 Å². The first-order valence-corrected chi connectivity index (χ1v) is 8.49. The zero-order valence-corrected chi connectivity index (χ0v) is 13.0. The summed E-state index contributed by atoms with van der Waals surface area (Å²) in [5.74, 6) is 1.04. The summed E-state index contributed by atoms with van der Waals surface area (Å²) < 4.78 is 26.5. The number of H-pyrrole nitrogens is 1. The second-order valence-corrected chi connectivity index (χ2v) is 7.68. The normalized spacial score (nSPS) is 20.4. The molecule has 0 bridgehead atoms. The molecule has 20 heavy (non-hydrogen) atoms. The quantitative estimate of drug-likeness (QED) is 0.878. The van der Waals surface area contributed by atoms with E-state index in [-0.39, 0.29) is 23.0 Å². The van der Waals surface area contributed by atoms with Crippen LogP contribution in [0, 0.1) is 5.92 Å². The van der Waals surface area contributed by atoms with Gasteiger partial charge in [-0.3, -0.25) is 0 Å². The summed E-state index contributed by atoms with van der Waals surface area (Å²) in [4.78, 5) is 7.01. The maximum absolute atomic E-state index is 12.5. The number of nitrogens with zero attached hydrogens (tertiary/aromatic N) is 2. The van der Waals surface area contributed by atoms with E-state index in [0.29, 0.717) is 31.8 Å². The Balaban J connectivity index is 2.11. The van der Waals surface area contributed by atoms with E-state index in [1.807, 2.05) is 13.8 Å². The zero-order chi connectivity index (χ0) is 14.9. The van der Waals surface area contributed by atoms with Crippen molar-refractivity contribution in [2.75, 3.05) is 13.1 Å². The Hall–Kier alpha value is -0.920. The number of aliphatic hydroxyl groups excluding tert-OH is 1. The summed E-state index contributed by atoms with van der Waals surface area (Å²) in [5.41, 5.74) is 0. The van der Waals surface area contributed by atoms with Gasteiger partial charge in [-0.05, 0) is 25.7 Å². The molecular formula is C13H23N3O3S. The van der Waals surface area contributed by atoms with Crippen LogP contribution in [0.3, 0.4) is 0 Å². The Bertz CT molecular complexity index is 543. The van der Waals surface area contributed by atoms with E-state index in [1.54, 1.807) is 6.92 Å². The second kappa shape index (κ2) is 5.83. The topological polar surface area (TPSA) is 86.3 Å². The molecule has 6 nitrogen and oxygen atoms in total. The third-order valence-corrected chi connectivity index (χ3v) is 5.73. The Morgan fingerprint density at radius 3 is 2.40 bits per heavy atom. The van der Waals surface area contributed by atoms with Crippen LogP contribution in [0.25, 0.3) is 0 Å². The van der Waals surface area contributed by atoms with Gasteiger partial charge in [0, 0.05) is 19.0 Å². The van der Waals surface area contributed by atoms with Gasteiger partial charge in [-0.15, -0.1) is 0 Å². The van der Waals surface area contributed by atoms with Crippen LogP contribution in [-0.2, 0) is 10.0 Å². The van der Waals surface area contributed by atoms with Crippen molar-refractivity contribution in [1.82, 2.24) is 14.3 Å². The predicted octanol–water partition coefficient (Wildman–Crippen LogP) is 1.31. The largest absolute Gasteiger partial charge is 0.393 e. The van der Waals surface area contributed by atoms with E-state index in [4.69, 9.17) is 0 Å². The first kappa shape index (κ1) is 15.5. The molecule has 0 aliphatic carbocycles. The van der Waals surface area contributed by atoms with Crippen molar-refractivity contribution in [2.24, 2.45) is 5.92 Å². The molecule has 7 heteroatoms. The predicted molar refractivity (Wildman–Crippen MR) is 75.8 cm³/mol. The second-order valence-electron chi connectivity index (χ2n) is 5.77. The van der Waals surface area contributed by atoms with Crippen molar-refractivity contribution in [3.8, 4) is 0 Å². The standard InChI is InChI=1S/C13H23N3O3S/c1-9(2)13-14-8-12(15-13)20(18,19)16-6-4-11(5-7-16)10(3)17/h8-11,17H,4-7H2,1-3H3,(H,14,15). The molecule has 0 radical (unpaired) electrons. The maximum atomic E-state index is 12.5. The first-order valence-electron chi connectivity index (χ1n) is 7.05. The molecule has 0 spiro atoms. The highest BCUT2D eigenvalue weighted by Crippen LogP contribution is 2.25. The molecular weight excluding hydrogens is 278 g/mol. The Morgan fingerprint density at radius 2 is 1.95 bits per heavy atom. The fourth-order valence-electron chi connectivity index (χ4n) is 2.48. The summed E-state index contributed by atoms with van der Waals surface area (Å²) in [6.45, 7) is 6.59. The number of imidazole rings is 1. The smallest absolute Gasteiger partial charge is 0.260 e. The van der Waals surface area contributed by atoms with Crippen LogP contribution in [0.15, 0.2) is 11.2 Å². The highest BCUT2D eigenvalue weighted by Gasteiger charge is 2.32. The Labute approximate surface area is 120 Å². The molecule has 2 heterocycles. The zero-order valence-electron chi connectivity index (χ0n) is 12.2. The minimum absolute atomic E-state index is 0.164. The summed E-state index contributed by atoms with van der Waals surface area (Å²) in [6.07, 6.45) is 2.41. The number of piperidine rings is 1. The van der Waals surface area contributed by atoms with Crippen LogP contribution in [0.1, 0.15) is 45.4 Å². The molecule has 1 fully saturated rings. The number of hydrogen-bond donors (Lipinski definition) is 2. The molecule has 2 N–H and O–H groups in total. The average molecular weight is 301 g/mol. The van der Waals surface area contributed by atoms with Crippen molar-refractivity contribution >= 4 is 10.0 Å². The average Bonchev–Trinajstić information content (AvgIpc) is 2.89. The van der Waals surface area contributed by atoms with Crippen LogP contribution < -0.4 is 0 Å². The summed E-state index contributed by atoms with van der Waals surface area (Å²) in [5, 5.41) is 9.73. The van der Waals surface area contributed by atoms with Gasteiger partial charge in [0.1, 0.15) is 5.82 Å². The SMILES string of the molecule is CC(C)c1ncc(S(=O)(=O)N2CCC(C(C)O)CC2)[nH]1. The minimum Gasteiger partial charge on any atom is -0.393 e. The van der Waals surface area contributed by atoms with Crippen LogP contribution >= 0.6 is 0 Å². The lowest BCUT2D eigenvalue weighted by molar-refractivity contribution is 0.0911. The molecule has 114 valence electrons. The lowest BCUT2D eigenvalue weighted by Crippen LogP contribution is -2.40. The number of aromatic nitrogens is 2. The van der Waals surface area contributed by atoms with Gasteiger partial charge in [-0.1, -0.05) is 13.8 Å². The number of sulfonamides is 1. The fraction of sp³-hybridized carbons (Fsp3) is 0.769. The van der Waals surface area contributed by atoms with E-state index < -0.39 is 10.0 Å². The highest BCUT2D eigenvalue weighted by molar-refractivity contribution is 7.89. The molecule has 0 amide bonds. The summed E-state index contributed by atoms with van der Waals surface area (Å²) in [7, 11) is -3.49. The van der Waals surface area contributed by atoms with Gasteiger partial charge in [-0.25, -0.2) is 13.4 Å². The molecule has 1 unspecified atom stereocenters. The Morgan fingerprint density at radius 1 is 1.35 bits per heavy atom. The molecule has 1 aliphatic rings. The van der Waals surface area contributed by atoms with Gasteiger partial charge in [0.25, 0.3) is 10.0 Å². The van der Waals surface area contributed by atoms with Crippen molar-refractivity contribution in [2.45, 2.75) is 50.7 Å². The molecule has 0 aromatic carbocycles. The molecule has 1 saturated heterocycles. The van der Waals surface area contributed by atoms with E-state index in [0.717, 1.165) is 0 Å². The van der Waals surface area contributed by atoms with E-state index >= 15 is 0 Å². The van der Waals surface area contributed by atoms with E-state index in [2.05, 4.69) is 9.97 Å². The summed E-state index contributed by atoms with van der Waals surface area (Å²) in [6, 6.07) is 0. The number of hydrogen-bond acceptors (Lipinski definition) is 4. The minimum atomic E-state index is -3.49. The number of nitrogens with one attached hydrogen (secondary N) is 1. The van der Waals surface area contributed by atoms with Gasteiger partial charge in [-0.2, -0.15) is 4.31 Å². The van der Waals surface area contributed by atoms with E-state index in [1.165, 1.54) is 10.5 Å². The monoisotopic (exact) mass is 301 g/mol. The molecule has 1 aliphatic heterocycles. The van der Waals surface area contributed by atoms with Gasteiger partial charge in [0.15, 0.2) is 5.03 Å². The third-order valence-electron chi connectivity index (χ3n) is 3.92. The highest BCUT2D eigenvalue weighted by atomic mass is 32.2. The van der Waals surface area contributed by atoms with Crippen LogP contribution in [0.4, 0.5) is 0 Å². The number of aromatic amines is 1. The van der Waals surface area contributed by atoms with Crippen LogP contribution in [0.5, 0.6) is 0 Å². The van der Waals surface area contributed by atoms with Gasteiger partial charge >= 0.3 is 0 Å². The summed E-state index contributed by atoms with van der Waals surface area (Å²) >= 11 is 0. The first-order chi connectivity index (χ1) is 9.32. The van der Waals surface area contributed by atoms with Gasteiger partial charge < -0.3 is 10.1 Å². The Kier molecular flexibility index (Phi) is 4.51. The van der Waals surface area contributed by atoms with Crippen molar-refractivity contribution in [3.05, 3.63) is 12.0 Å². The van der Waals surface area contributed by atoms with Crippen LogP contribution in [-0.4, -0.2) is 47.0 Å². The van der Waals surface area contributed by atoms with Gasteiger partial charge in [0.2, 0.25) is 0 Å². The van der Waals surface area contributed by atoms with Gasteiger partial charge in [0.05, 0.1) is 12.3 Å². The molecule has 2 rings (SSSR count). The fourth-order valence-corrected chi connectivity index (χ4v) is 3.87. The third kappa shape index (κ3) is 3.05. The number of rotatable bonds is 4. The maximum Gasteiger partial charge on any atom is 0.260 e. The lowest BCUT2D eigenvalue weighted by atomic mass is 9.93. The molecule has 1 atom stereocenters. The van der Waals surface area contributed by atoms with Crippen molar-refractivity contribution < 1.29 is 13.5 Å². The van der Waals surface area contributed by atoms with E-state index in [9.17, 15) is 13.5 Å².